The Hall–Kier alpha value is -1.27. The van der Waals surface area contributed by atoms with Crippen LogP contribution in [0.3, 0.4) is 0 Å². The molecule has 0 saturated heterocycles. The maximum atomic E-state index is 10.6. The summed E-state index contributed by atoms with van der Waals surface area (Å²) in [6.45, 7) is 0. The number of rotatable bonds is 4. The minimum Gasteiger partial charge on any atom is -0.497 e. The number of nitrogens with one attached hydrogen (secondary N) is 1. The molecule has 0 aliphatic heterocycles. The summed E-state index contributed by atoms with van der Waals surface area (Å²) in [6, 6.07) is 2.67. The van der Waals surface area contributed by atoms with Crippen molar-refractivity contribution in [1.82, 2.24) is 4.72 Å². The van der Waals surface area contributed by atoms with Gasteiger partial charge in [0.25, 0.3) is 0 Å². The molecule has 3 N–H and O–H groups in total. The van der Waals surface area contributed by atoms with Crippen LogP contribution in [0.4, 0.5) is 4.79 Å². The second-order valence-corrected chi connectivity index (χ2v) is 3.94. The average Bonchev–Trinajstić information content (AvgIpc) is 2.27. The molecule has 0 radical (unpaired) electrons. The number of methoxy groups -OCH3 is 2. The smallest absolute Gasteiger partial charge is 0.322 e. The Morgan fingerprint density at radius 3 is 2.62 bits per heavy atom. The van der Waals surface area contributed by atoms with Crippen LogP contribution in [0.15, 0.2) is 17.0 Å². The van der Waals surface area contributed by atoms with E-state index in [0.717, 1.165) is 11.9 Å². The Morgan fingerprint density at radius 2 is 2.12 bits per heavy atom. The molecule has 7 heteroatoms. The predicted octanol–water partition coefficient (Wildman–Crippen LogP) is 2.03. The van der Waals surface area contributed by atoms with Crippen LogP contribution in [-0.4, -0.2) is 20.3 Å². The summed E-state index contributed by atoms with van der Waals surface area (Å²) in [6.07, 6.45) is 0. The topological polar surface area (TPSA) is 73.6 Å². The van der Waals surface area contributed by atoms with Crippen LogP contribution in [0.1, 0.15) is 0 Å². The lowest BCUT2D eigenvalue weighted by Crippen LogP contribution is -2.22. The van der Waals surface area contributed by atoms with E-state index in [1.807, 2.05) is 0 Å². The number of carbonyl (C=O) groups is 1. The number of amides is 2. The van der Waals surface area contributed by atoms with E-state index in [0.29, 0.717) is 21.4 Å². The van der Waals surface area contributed by atoms with Gasteiger partial charge in [-0.05, 0) is 18.0 Å². The van der Waals surface area contributed by atoms with Crippen LogP contribution in [-0.2, 0) is 0 Å². The van der Waals surface area contributed by atoms with E-state index in [9.17, 15) is 4.79 Å². The van der Waals surface area contributed by atoms with E-state index in [4.69, 9.17) is 26.8 Å². The van der Waals surface area contributed by atoms with Crippen LogP contribution < -0.4 is 19.9 Å². The van der Waals surface area contributed by atoms with E-state index in [-0.39, 0.29) is 0 Å². The third-order valence-corrected chi connectivity index (χ3v) is 3.04. The van der Waals surface area contributed by atoms with Crippen LogP contribution in [0, 0.1) is 0 Å². The van der Waals surface area contributed by atoms with Crippen molar-refractivity contribution in [2.24, 2.45) is 5.73 Å². The van der Waals surface area contributed by atoms with Gasteiger partial charge in [0, 0.05) is 6.07 Å². The highest BCUT2D eigenvalue weighted by Gasteiger charge is 2.11. The van der Waals surface area contributed by atoms with Gasteiger partial charge in [0.15, 0.2) is 0 Å². The van der Waals surface area contributed by atoms with E-state index in [2.05, 4.69) is 4.72 Å². The van der Waals surface area contributed by atoms with Gasteiger partial charge in [-0.1, -0.05) is 11.6 Å². The molecule has 88 valence electrons. The number of primary amides is 1. The Labute approximate surface area is 102 Å². The first-order chi connectivity index (χ1) is 7.58. The van der Waals surface area contributed by atoms with E-state index in [1.165, 1.54) is 14.2 Å². The van der Waals surface area contributed by atoms with Gasteiger partial charge >= 0.3 is 6.03 Å². The van der Waals surface area contributed by atoms with E-state index >= 15 is 0 Å². The molecule has 5 nitrogen and oxygen atoms in total. The van der Waals surface area contributed by atoms with Crippen molar-refractivity contribution < 1.29 is 14.3 Å². The first-order valence-corrected chi connectivity index (χ1v) is 5.41. The van der Waals surface area contributed by atoms with E-state index in [1.54, 1.807) is 12.1 Å². The van der Waals surface area contributed by atoms with Gasteiger partial charge < -0.3 is 15.2 Å². The Kier molecular flexibility index (Phi) is 4.57. The van der Waals surface area contributed by atoms with Gasteiger partial charge in [-0.25, -0.2) is 4.79 Å². The highest BCUT2D eigenvalue weighted by molar-refractivity contribution is 7.98. The molecule has 0 aliphatic carbocycles. The van der Waals surface area contributed by atoms with Gasteiger partial charge in [0.05, 0.1) is 24.1 Å². The molecule has 0 aromatic heterocycles. The largest absolute Gasteiger partial charge is 0.497 e. The Bertz CT molecular complexity index is 401. The monoisotopic (exact) mass is 262 g/mol. The number of urea groups is 1. The summed E-state index contributed by atoms with van der Waals surface area (Å²) in [5.41, 5.74) is 4.96. The zero-order valence-corrected chi connectivity index (χ0v) is 10.3. The molecule has 1 aromatic rings. The van der Waals surface area contributed by atoms with Crippen molar-refractivity contribution in [3.8, 4) is 11.5 Å². The van der Waals surface area contributed by atoms with Crippen molar-refractivity contribution in [1.29, 1.82) is 0 Å². The van der Waals surface area contributed by atoms with Crippen molar-refractivity contribution >= 4 is 29.6 Å². The fourth-order valence-electron chi connectivity index (χ4n) is 0.994. The molecule has 0 bridgehead atoms. The Morgan fingerprint density at radius 1 is 1.44 bits per heavy atom. The third kappa shape index (κ3) is 3.11. The first-order valence-electron chi connectivity index (χ1n) is 4.22. The van der Waals surface area contributed by atoms with Gasteiger partial charge in [0.1, 0.15) is 11.5 Å². The molecule has 1 aromatic carbocycles. The number of carbonyl (C=O) groups excluding carboxylic acids is 1. The van der Waals surface area contributed by atoms with Gasteiger partial charge in [-0.15, -0.1) is 0 Å². The molecule has 1 rings (SSSR count). The van der Waals surface area contributed by atoms with E-state index < -0.39 is 6.03 Å². The lowest BCUT2D eigenvalue weighted by molar-refractivity contribution is 0.254. The lowest BCUT2D eigenvalue weighted by Gasteiger charge is -2.10. The summed E-state index contributed by atoms with van der Waals surface area (Å²) < 4.78 is 12.5. The highest BCUT2D eigenvalue weighted by atomic mass is 35.5. The fourth-order valence-corrected chi connectivity index (χ4v) is 1.87. The SMILES string of the molecule is COc1cc(OC)c(Cl)c(SNC(N)=O)c1. The van der Waals surface area contributed by atoms with Crippen LogP contribution in [0.25, 0.3) is 0 Å². The average molecular weight is 263 g/mol. The molecule has 16 heavy (non-hydrogen) atoms. The molecule has 0 spiro atoms. The quantitative estimate of drug-likeness (QED) is 0.815. The van der Waals surface area contributed by atoms with Gasteiger partial charge in [-0.2, -0.15) is 0 Å². The second-order valence-electron chi connectivity index (χ2n) is 2.71. The molecule has 0 heterocycles. The van der Waals surface area contributed by atoms with Gasteiger partial charge in [-0.3, -0.25) is 4.72 Å². The van der Waals surface area contributed by atoms with Gasteiger partial charge in [0.2, 0.25) is 0 Å². The zero-order chi connectivity index (χ0) is 12.1. The molecular weight excluding hydrogens is 252 g/mol. The summed E-state index contributed by atoms with van der Waals surface area (Å²) in [4.78, 5) is 11.2. The molecule has 0 aliphatic rings. The van der Waals surface area contributed by atoms with Crippen molar-refractivity contribution in [2.45, 2.75) is 4.90 Å². The number of benzene rings is 1. The molecule has 0 atom stereocenters. The number of hydrogen-bond donors (Lipinski definition) is 2. The number of nitrogens with two attached hydrogens (primary N) is 1. The lowest BCUT2D eigenvalue weighted by atomic mass is 10.3. The zero-order valence-electron chi connectivity index (χ0n) is 8.74. The molecule has 0 unspecified atom stereocenters. The summed E-state index contributed by atoms with van der Waals surface area (Å²) in [5, 5.41) is 0.391. The molecule has 0 saturated carbocycles. The number of hydrogen-bond acceptors (Lipinski definition) is 4. The van der Waals surface area contributed by atoms with Crippen molar-refractivity contribution in [2.75, 3.05) is 14.2 Å². The maximum Gasteiger partial charge on any atom is 0.322 e. The van der Waals surface area contributed by atoms with Crippen LogP contribution in [0.2, 0.25) is 5.02 Å². The minimum absolute atomic E-state index is 0.391. The van der Waals surface area contributed by atoms with Crippen LogP contribution >= 0.6 is 23.5 Å². The maximum absolute atomic E-state index is 10.6. The fraction of sp³-hybridized carbons (Fsp3) is 0.222. The highest BCUT2D eigenvalue weighted by Crippen LogP contribution is 2.37. The molecular formula is C9H11ClN2O3S. The molecule has 0 fully saturated rings. The predicted molar refractivity (Wildman–Crippen MR) is 63.1 cm³/mol. The summed E-state index contributed by atoms with van der Waals surface area (Å²) in [7, 11) is 3.02. The van der Waals surface area contributed by atoms with Crippen LogP contribution in [0.5, 0.6) is 11.5 Å². The summed E-state index contributed by atoms with van der Waals surface area (Å²) >= 11 is 7.03. The minimum atomic E-state index is -0.650. The number of halogens is 1. The summed E-state index contributed by atoms with van der Waals surface area (Å²) in [5.74, 6) is 1.05. The standard InChI is InChI=1S/C9H11ClN2O3S/c1-14-5-3-6(15-2)8(10)7(4-5)16-12-9(11)13/h3-4H,1-2H3,(H3,11,12,13). The normalized spacial score (nSPS) is 9.69. The van der Waals surface area contributed by atoms with Crippen molar-refractivity contribution in [3.63, 3.8) is 0 Å². The van der Waals surface area contributed by atoms with Crippen molar-refractivity contribution in [3.05, 3.63) is 17.2 Å². The second kappa shape index (κ2) is 5.72. The first kappa shape index (κ1) is 12.8. The Balaban J connectivity index is 3.01. The third-order valence-electron chi connectivity index (χ3n) is 1.70. The molecule has 2 amide bonds. The number of ether oxygens (including phenoxy) is 2.